The summed E-state index contributed by atoms with van der Waals surface area (Å²) in [6.45, 7) is 4.37. The molecule has 1 aromatic carbocycles. The number of hydrogen-bond acceptors (Lipinski definition) is 3. The number of nitrogens with zero attached hydrogens (tertiary/aromatic N) is 2. The number of piperidine rings is 1. The van der Waals surface area contributed by atoms with Crippen LogP contribution in [0.3, 0.4) is 0 Å². The van der Waals surface area contributed by atoms with Gasteiger partial charge in [0.05, 0.1) is 11.4 Å². The Morgan fingerprint density at radius 2 is 1.81 bits per heavy atom. The maximum absolute atomic E-state index is 12.7. The number of aromatic nitrogens is 2. The summed E-state index contributed by atoms with van der Waals surface area (Å²) < 4.78 is 0. The predicted octanol–water partition coefficient (Wildman–Crippen LogP) is 4.76. The lowest BCUT2D eigenvalue weighted by atomic mass is 10.0. The molecule has 0 bridgehead atoms. The molecule has 2 fully saturated rings. The van der Waals surface area contributed by atoms with Gasteiger partial charge < -0.3 is 10.2 Å². The first-order chi connectivity index (χ1) is 13.3. The third-order valence-electron chi connectivity index (χ3n) is 6.03. The van der Waals surface area contributed by atoms with Gasteiger partial charge in [-0.05, 0) is 50.7 Å². The second-order valence-corrected chi connectivity index (χ2v) is 7.84. The summed E-state index contributed by atoms with van der Waals surface area (Å²) >= 11 is 0. The minimum atomic E-state index is 0.148. The number of rotatable bonds is 5. The molecule has 5 heteroatoms. The van der Waals surface area contributed by atoms with Crippen LogP contribution in [0.4, 0.5) is 11.4 Å². The molecule has 2 aromatic rings. The maximum Gasteiger partial charge on any atom is 0.227 e. The molecule has 0 spiro atoms. The van der Waals surface area contributed by atoms with Crippen LogP contribution in [0, 0.1) is 5.92 Å². The molecule has 5 nitrogen and oxygen atoms in total. The second-order valence-electron chi connectivity index (χ2n) is 7.84. The van der Waals surface area contributed by atoms with E-state index in [1.807, 2.05) is 0 Å². The van der Waals surface area contributed by atoms with Crippen LogP contribution in [0.25, 0.3) is 11.3 Å². The summed E-state index contributed by atoms with van der Waals surface area (Å²) in [4.78, 5) is 15.1. The molecule has 27 heavy (non-hydrogen) atoms. The zero-order chi connectivity index (χ0) is 18.6. The molecular formula is C22H30N4O. The fourth-order valence-corrected chi connectivity index (χ4v) is 4.37. The van der Waals surface area contributed by atoms with Gasteiger partial charge in [0.1, 0.15) is 5.69 Å². The minimum Gasteiger partial charge on any atom is -0.372 e. The molecule has 0 unspecified atom stereocenters. The first-order valence-electron chi connectivity index (χ1n) is 10.5. The van der Waals surface area contributed by atoms with E-state index in [1.165, 1.54) is 24.9 Å². The zero-order valence-electron chi connectivity index (χ0n) is 16.3. The molecule has 4 rings (SSSR count). The van der Waals surface area contributed by atoms with Crippen molar-refractivity contribution in [3.63, 3.8) is 0 Å². The Bertz CT molecular complexity index is 768. The van der Waals surface area contributed by atoms with Gasteiger partial charge in [0.25, 0.3) is 0 Å². The largest absolute Gasteiger partial charge is 0.372 e. The first kappa shape index (κ1) is 18.1. The van der Waals surface area contributed by atoms with Crippen molar-refractivity contribution in [1.29, 1.82) is 0 Å². The topological polar surface area (TPSA) is 61.0 Å². The van der Waals surface area contributed by atoms with E-state index in [4.69, 9.17) is 0 Å². The zero-order valence-corrected chi connectivity index (χ0v) is 16.3. The summed E-state index contributed by atoms with van der Waals surface area (Å²) in [7, 11) is 0. The third kappa shape index (κ3) is 3.87. The van der Waals surface area contributed by atoms with E-state index in [1.54, 1.807) is 0 Å². The monoisotopic (exact) mass is 366 g/mol. The van der Waals surface area contributed by atoms with Gasteiger partial charge in [-0.2, -0.15) is 5.10 Å². The van der Waals surface area contributed by atoms with Crippen LogP contribution < -0.4 is 10.2 Å². The Labute approximate surface area is 161 Å². The van der Waals surface area contributed by atoms with Crippen molar-refractivity contribution in [1.82, 2.24) is 10.2 Å². The number of benzene rings is 1. The van der Waals surface area contributed by atoms with Crippen molar-refractivity contribution in [3.05, 3.63) is 30.0 Å². The minimum absolute atomic E-state index is 0.148. The van der Waals surface area contributed by atoms with Crippen LogP contribution in [-0.4, -0.2) is 29.2 Å². The van der Waals surface area contributed by atoms with Crippen molar-refractivity contribution in [2.75, 3.05) is 23.3 Å². The Hall–Kier alpha value is -2.30. The van der Waals surface area contributed by atoms with Gasteiger partial charge in [-0.25, -0.2) is 0 Å². The molecule has 144 valence electrons. The summed E-state index contributed by atoms with van der Waals surface area (Å²) in [6.07, 6.45) is 9.04. The van der Waals surface area contributed by atoms with Crippen molar-refractivity contribution in [2.45, 2.75) is 58.3 Å². The first-order valence-corrected chi connectivity index (χ1v) is 10.5. The molecular weight excluding hydrogens is 336 g/mol. The van der Waals surface area contributed by atoms with E-state index in [2.05, 4.69) is 51.6 Å². The van der Waals surface area contributed by atoms with Gasteiger partial charge in [0.15, 0.2) is 0 Å². The molecule has 2 heterocycles. The molecule has 0 atom stereocenters. The lowest BCUT2D eigenvalue weighted by Gasteiger charge is -2.28. The van der Waals surface area contributed by atoms with Crippen LogP contribution in [0.2, 0.25) is 0 Å². The Balaban J connectivity index is 1.55. The number of aryl methyl sites for hydroxylation is 1. The van der Waals surface area contributed by atoms with Gasteiger partial charge in [-0.1, -0.05) is 31.9 Å². The van der Waals surface area contributed by atoms with E-state index in [9.17, 15) is 4.79 Å². The van der Waals surface area contributed by atoms with Gasteiger partial charge in [0.2, 0.25) is 5.91 Å². The molecule has 0 radical (unpaired) electrons. The predicted molar refractivity (Wildman–Crippen MR) is 110 cm³/mol. The number of carbonyl (C=O) groups excluding carboxylic acids is 1. The quantitative estimate of drug-likeness (QED) is 0.802. The van der Waals surface area contributed by atoms with Crippen LogP contribution >= 0.6 is 0 Å². The number of hydrogen-bond donors (Lipinski definition) is 2. The number of nitrogens with one attached hydrogen (secondary N) is 2. The maximum atomic E-state index is 12.7. The average Bonchev–Trinajstić information content (AvgIpc) is 3.39. The van der Waals surface area contributed by atoms with Gasteiger partial charge in [-0.15, -0.1) is 0 Å². The molecule has 1 saturated heterocycles. The van der Waals surface area contributed by atoms with Crippen molar-refractivity contribution in [3.8, 4) is 11.3 Å². The third-order valence-corrected chi connectivity index (χ3v) is 6.03. The fraction of sp³-hybridized carbons (Fsp3) is 0.545. The second kappa shape index (κ2) is 8.15. The van der Waals surface area contributed by atoms with Crippen LogP contribution in [0.5, 0.6) is 0 Å². The standard InChI is InChI=1S/C22H30N4O/c1-2-19-21(23-22(27)17-8-4-5-9-17)20(25-24-19)16-10-12-18(13-11-16)26-14-6-3-7-15-26/h10-13,17H,2-9,14-15H2,1H3,(H,23,27)(H,24,25). The Kier molecular flexibility index (Phi) is 5.46. The average molecular weight is 367 g/mol. The molecule has 1 saturated carbocycles. The number of H-pyrrole nitrogens is 1. The number of aromatic amines is 1. The van der Waals surface area contributed by atoms with E-state index < -0.39 is 0 Å². The molecule has 1 aliphatic carbocycles. The Morgan fingerprint density at radius 3 is 2.48 bits per heavy atom. The number of carbonyl (C=O) groups is 1. The lowest BCUT2D eigenvalue weighted by molar-refractivity contribution is -0.119. The fourth-order valence-electron chi connectivity index (χ4n) is 4.37. The molecule has 1 aromatic heterocycles. The summed E-state index contributed by atoms with van der Waals surface area (Å²) in [5.74, 6) is 0.300. The van der Waals surface area contributed by atoms with Crippen LogP contribution in [0.1, 0.15) is 57.6 Å². The summed E-state index contributed by atoms with van der Waals surface area (Å²) in [5, 5.41) is 10.8. The number of amides is 1. The highest BCUT2D eigenvalue weighted by Gasteiger charge is 2.25. The lowest BCUT2D eigenvalue weighted by Crippen LogP contribution is -2.29. The molecule has 1 amide bonds. The van der Waals surface area contributed by atoms with E-state index in [0.29, 0.717) is 0 Å². The van der Waals surface area contributed by atoms with Crippen LogP contribution in [0.15, 0.2) is 24.3 Å². The van der Waals surface area contributed by atoms with Gasteiger partial charge in [0, 0.05) is 30.3 Å². The van der Waals surface area contributed by atoms with E-state index in [0.717, 1.165) is 67.8 Å². The molecule has 2 aliphatic rings. The highest BCUT2D eigenvalue weighted by atomic mass is 16.1. The summed E-state index contributed by atoms with van der Waals surface area (Å²) in [5.41, 5.74) is 5.04. The highest BCUT2D eigenvalue weighted by molar-refractivity contribution is 5.97. The van der Waals surface area contributed by atoms with Crippen LogP contribution in [-0.2, 0) is 11.2 Å². The summed E-state index contributed by atoms with van der Waals surface area (Å²) in [6, 6.07) is 8.63. The normalized spacial score (nSPS) is 18.0. The Morgan fingerprint density at radius 1 is 1.11 bits per heavy atom. The van der Waals surface area contributed by atoms with Crippen molar-refractivity contribution >= 4 is 17.3 Å². The van der Waals surface area contributed by atoms with Gasteiger partial charge >= 0.3 is 0 Å². The smallest absolute Gasteiger partial charge is 0.227 e. The van der Waals surface area contributed by atoms with E-state index in [-0.39, 0.29) is 11.8 Å². The highest BCUT2D eigenvalue weighted by Crippen LogP contribution is 2.33. The van der Waals surface area contributed by atoms with Crippen molar-refractivity contribution < 1.29 is 4.79 Å². The van der Waals surface area contributed by atoms with Gasteiger partial charge in [-0.3, -0.25) is 9.89 Å². The SMILES string of the molecule is CCc1[nH]nc(-c2ccc(N3CCCCC3)cc2)c1NC(=O)C1CCCC1. The molecule has 2 N–H and O–H groups in total. The molecule has 1 aliphatic heterocycles. The van der Waals surface area contributed by atoms with Crippen molar-refractivity contribution in [2.24, 2.45) is 5.92 Å². The number of anilines is 2. The van der Waals surface area contributed by atoms with E-state index >= 15 is 0 Å².